The van der Waals surface area contributed by atoms with Gasteiger partial charge in [0, 0.05) is 10.5 Å². The van der Waals surface area contributed by atoms with Crippen molar-refractivity contribution in [3.8, 4) is 11.3 Å². The van der Waals surface area contributed by atoms with Crippen LogP contribution in [0.4, 0.5) is 5.82 Å². The van der Waals surface area contributed by atoms with Crippen LogP contribution < -0.4 is 4.57 Å². The van der Waals surface area contributed by atoms with Crippen LogP contribution in [0.5, 0.6) is 0 Å². The van der Waals surface area contributed by atoms with Gasteiger partial charge < -0.3 is 19.4 Å². The second-order valence-electron chi connectivity index (χ2n) is 5.72. The van der Waals surface area contributed by atoms with Crippen molar-refractivity contribution in [1.82, 2.24) is 10.1 Å². The second-order valence-corrected chi connectivity index (χ2v) is 6.13. The zero-order chi connectivity index (χ0) is 19.6. The molecule has 1 aromatic carbocycles. The monoisotopic (exact) mass is 391 g/mol. The fourth-order valence-corrected chi connectivity index (χ4v) is 2.91. The van der Waals surface area contributed by atoms with Gasteiger partial charge in [-0.05, 0) is 13.0 Å². The standard InChI is InChI=1S/C17H15ClN4O5/c1-10-15(16(20-27-10)12-5-3-4-6-13(12)18)17(23)26-8-7-21-11(2)19-9-14(21)22(24)25/h3-6,9H,7-8H2,1-2H3/p+1. The molecule has 140 valence electrons. The number of aromatic amines is 1. The lowest BCUT2D eigenvalue weighted by Crippen LogP contribution is -2.40. The molecule has 1 N–H and O–H groups in total. The van der Waals surface area contributed by atoms with Crippen LogP contribution in [0, 0.1) is 24.0 Å². The smallest absolute Gasteiger partial charge is 0.434 e. The van der Waals surface area contributed by atoms with Gasteiger partial charge in [0.15, 0.2) is 6.54 Å². The maximum absolute atomic E-state index is 12.5. The molecule has 0 saturated carbocycles. The van der Waals surface area contributed by atoms with E-state index in [1.807, 2.05) is 0 Å². The Bertz CT molecular complexity index is 1010. The summed E-state index contributed by atoms with van der Waals surface area (Å²) in [6.07, 6.45) is 1.29. The van der Waals surface area contributed by atoms with E-state index in [4.69, 9.17) is 20.9 Å². The number of aryl methyl sites for hydroxylation is 2. The quantitative estimate of drug-likeness (QED) is 0.299. The molecule has 0 bridgehead atoms. The van der Waals surface area contributed by atoms with Crippen molar-refractivity contribution in [1.29, 1.82) is 0 Å². The zero-order valence-electron chi connectivity index (χ0n) is 14.6. The first-order valence-corrected chi connectivity index (χ1v) is 8.38. The Hall–Kier alpha value is -3.20. The molecule has 27 heavy (non-hydrogen) atoms. The first-order valence-electron chi connectivity index (χ1n) is 8.00. The number of carbonyl (C=O) groups is 1. The molecule has 10 heteroatoms. The van der Waals surface area contributed by atoms with E-state index in [9.17, 15) is 14.9 Å². The molecule has 0 spiro atoms. The summed E-state index contributed by atoms with van der Waals surface area (Å²) in [6, 6.07) is 6.93. The van der Waals surface area contributed by atoms with Crippen molar-refractivity contribution in [3.05, 3.63) is 62.7 Å². The van der Waals surface area contributed by atoms with E-state index in [1.165, 1.54) is 10.8 Å². The predicted molar refractivity (Wildman–Crippen MR) is 94.3 cm³/mol. The molecule has 0 aliphatic rings. The molecule has 2 aromatic heterocycles. The summed E-state index contributed by atoms with van der Waals surface area (Å²) in [5, 5.41) is 15.4. The number of esters is 1. The van der Waals surface area contributed by atoms with Gasteiger partial charge in [0.1, 0.15) is 23.6 Å². The molecule has 0 aliphatic heterocycles. The number of imidazole rings is 1. The first kappa shape index (κ1) is 18.6. The van der Waals surface area contributed by atoms with Gasteiger partial charge in [-0.2, -0.15) is 0 Å². The van der Waals surface area contributed by atoms with Gasteiger partial charge in [0.05, 0.1) is 11.9 Å². The minimum Gasteiger partial charge on any atom is -0.457 e. The van der Waals surface area contributed by atoms with Crippen LogP contribution in [-0.2, 0) is 11.3 Å². The molecule has 3 aromatic rings. The number of rotatable bonds is 6. The van der Waals surface area contributed by atoms with Gasteiger partial charge in [-0.1, -0.05) is 35.0 Å². The Morgan fingerprint density at radius 2 is 2.15 bits per heavy atom. The van der Waals surface area contributed by atoms with Gasteiger partial charge in [-0.25, -0.2) is 9.78 Å². The highest BCUT2D eigenvalue weighted by Crippen LogP contribution is 2.31. The van der Waals surface area contributed by atoms with Crippen LogP contribution in [0.15, 0.2) is 35.0 Å². The lowest BCUT2D eigenvalue weighted by molar-refractivity contribution is -0.739. The summed E-state index contributed by atoms with van der Waals surface area (Å²) < 4.78 is 11.9. The predicted octanol–water partition coefficient (Wildman–Crippen LogP) is 2.99. The fourth-order valence-electron chi connectivity index (χ4n) is 2.68. The number of carbonyl (C=O) groups excluding carboxylic acids is 1. The lowest BCUT2D eigenvalue weighted by Gasteiger charge is -2.05. The third-order valence-electron chi connectivity index (χ3n) is 4.02. The van der Waals surface area contributed by atoms with Crippen molar-refractivity contribution in [2.45, 2.75) is 20.4 Å². The second kappa shape index (κ2) is 7.58. The van der Waals surface area contributed by atoms with Crippen molar-refractivity contribution < 1.29 is 23.5 Å². The topological polar surface area (TPSA) is 115 Å². The Kier molecular flexibility index (Phi) is 5.22. The van der Waals surface area contributed by atoms with Crippen LogP contribution >= 0.6 is 11.6 Å². The van der Waals surface area contributed by atoms with Crippen molar-refractivity contribution in [2.24, 2.45) is 0 Å². The van der Waals surface area contributed by atoms with Crippen LogP contribution in [0.25, 0.3) is 11.3 Å². The van der Waals surface area contributed by atoms with Gasteiger partial charge >= 0.3 is 17.6 Å². The highest BCUT2D eigenvalue weighted by Gasteiger charge is 2.26. The average Bonchev–Trinajstić information content (AvgIpc) is 3.18. The Labute approximate surface area is 158 Å². The van der Waals surface area contributed by atoms with Gasteiger partial charge in [0.25, 0.3) is 0 Å². The number of benzene rings is 1. The Balaban J connectivity index is 1.77. The van der Waals surface area contributed by atoms with Crippen LogP contribution in [-0.4, -0.2) is 27.6 Å². The normalized spacial score (nSPS) is 10.8. The average molecular weight is 392 g/mol. The summed E-state index contributed by atoms with van der Waals surface area (Å²) in [7, 11) is 0. The zero-order valence-corrected chi connectivity index (χ0v) is 15.3. The molecule has 2 heterocycles. The van der Waals surface area contributed by atoms with E-state index >= 15 is 0 Å². The summed E-state index contributed by atoms with van der Waals surface area (Å²) in [6.45, 7) is 3.35. The molecular formula is C17H16ClN4O5+. The minimum atomic E-state index is -0.639. The van der Waals surface area contributed by atoms with E-state index in [1.54, 1.807) is 38.1 Å². The van der Waals surface area contributed by atoms with E-state index in [-0.39, 0.29) is 24.5 Å². The van der Waals surface area contributed by atoms with Crippen molar-refractivity contribution in [2.75, 3.05) is 6.61 Å². The number of nitrogens with one attached hydrogen (secondary N) is 1. The molecule has 0 saturated heterocycles. The van der Waals surface area contributed by atoms with Gasteiger partial charge in [-0.3, -0.25) is 0 Å². The summed E-state index contributed by atoms with van der Waals surface area (Å²) in [5.74, 6) is 0.128. The molecule has 0 radical (unpaired) electrons. The lowest BCUT2D eigenvalue weighted by atomic mass is 10.1. The van der Waals surface area contributed by atoms with Crippen LogP contribution in [0.1, 0.15) is 21.9 Å². The summed E-state index contributed by atoms with van der Waals surface area (Å²) in [5.41, 5.74) is 1.02. The van der Waals surface area contributed by atoms with E-state index < -0.39 is 10.9 Å². The minimum absolute atomic E-state index is 0.0599. The molecule has 0 unspecified atom stereocenters. The molecule has 0 fully saturated rings. The SMILES string of the molecule is Cc1onc(-c2ccccc2Cl)c1C(=O)OCC[n+]1c([N+](=O)[O-])c[nH]c1C. The number of ether oxygens (including phenoxy) is 1. The van der Waals surface area contributed by atoms with Gasteiger partial charge in [0.2, 0.25) is 6.20 Å². The number of H-pyrrole nitrogens is 1. The highest BCUT2D eigenvalue weighted by atomic mass is 35.5. The number of nitro groups is 1. The number of aromatic nitrogens is 3. The number of nitrogens with zero attached hydrogens (tertiary/aromatic N) is 3. The van der Waals surface area contributed by atoms with E-state index in [0.29, 0.717) is 27.9 Å². The number of halogens is 1. The number of hydrogen-bond acceptors (Lipinski definition) is 6. The Morgan fingerprint density at radius 1 is 1.41 bits per heavy atom. The third-order valence-corrected chi connectivity index (χ3v) is 4.35. The van der Waals surface area contributed by atoms with Crippen molar-refractivity contribution in [3.63, 3.8) is 0 Å². The summed E-state index contributed by atoms with van der Waals surface area (Å²) in [4.78, 5) is 25.8. The van der Waals surface area contributed by atoms with Crippen LogP contribution in [0.3, 0.4) is 0 Å². The molecule has 3 rings (SSSR count). The van der Waals surface area contributed by atoms with Crippen LogP contribution in [0.2, 0.25) is 5.02 Å². The van der Waals surface area contributed by atoms with E-state index in [2.05, 4.69) is 10.1 Å². The summed E-state index contributed by atoms with van der Waals surface area (Å²) >= 11 is 6.18. The van der Waals surface area contributed by atoms with Gasteiger partial charge in [-0.15, -0.1) is 4.57 Å². The molecular weight excluding hydrogens is 376 g/mol. The largest absolute Gasteiger partial charge is 0.457 e. The fraction of sp³-hybridized carbons (Fsp3) is 0.235. The highest BCUT2D eigenvalue weighted by molar-refractivity contribution is 6.33. The van der Waals surface area contributed by atoms with Crippen molar-refractivity contribution >= 4 is 23.4 Å². The maximum atomic E-state index is 12.5. The molecule has 9 nitrogen and oxygen atoms in total. The molecule has 0 amide bonds. The maximum Gasteiger partial charge on any atom is 0.434 e. The Morgan fingerprint density at radius 3 is 2.85 bits per heavy atom. The third kappa shape index (κ3) is 3.68. The first-order chi connectivity index (χ1) is 12.9. The molecule has 0 atom stereocenters. The van der Waals surface area contributed by atoms with E-state index in [0.717, 1.165) is 0 Å². The molecule has 0 aliphatic carbocycles. The number of hydrogen-bond donors (Lipinski definition) is 1.